The molecule has 10 nitrogen and oxygen atoms in total. The first-order chi connectivity index (χ1) is 17.1. The number of carbonyl (C=O) groups excluding carboxylic acids is 1. The van der Waals surface area contributed by atoms with Crippen LogP contribution in [0.5, 0.6) is 0 Å². The van der Waals surface area contributed by atoms with Crippen molar-refractivity contribution in [2.24, 2.45) is 7.05 Å². The Labute approximate surface area is 207 Å². The first-order valence-corrected chi connectivity index (χ1v) is 12.0. The number of rotatable bonds is 9. The molecular weight excluding hydrogens is 470 g/mol. The van der Waals surface area contributed by atoms with Crippen LogP contribution in [0.25, 0.3) is 0 Å². The molecule has 0 bridgehead atoms. The van der Waals surface area contributed by atoms with Gasteiger partial charge in [0, 0.05) is 30.5 Å². The van der Waals surface area contributed by atoms with Gasteiger partial charge in [0.1, 0.15) is 6.61 Å². The van der Waals surface area contributed by atoms with Crippen molar-refractivity contribution >= 4 is 23.5 Å². The van der Waals surface area contributed by atoms with Crippen LogP contribution in [-0.2, 0) is 27.9 Å². The predicted molar refractivity (Wildman–Crippen MR) is 130 cm³/mol. The first-order valence-electron chi connectivity index (χ1n) is 11.1. The minimum absolute atomic E-state index is 0.00986. The molecule has 35 heavy (non-hydrogen) atoms. The van der Waals surface area contributed by atoms with E-state index in [0.717, 1.165) is 16.7 Å². The van der Waals surface area contributed by atoms with Crippen LogP contribution in [0.1, 0.15) is 35.5 Å². The highest BCUT2D eigenvalue weighted by Gasteiger charge is 2.32. The summed E-state index contributed by atoms with van der Waals surface area (Å²) in [7, 11) is 1.80. The fraction of sp³-hybridized carbons (Fsp3) is 0.333. The normalized spacial score (nSPS) is 19.8. The number of nitrogens with one attached hydrogen (secondary N) is 1. The molecule has 0 radical (unpaired) electrons. The molecule has 0 aliphatic carbocycles. The van der Waals surface area contributed by atoms with Crippen molar-refractivity contribution in [1.29, 1.82) is 0 Å². The van der Waals surface area contributed by atoms with Crippen LogP contribution in [0.4, 0.5) is 10.5 Å². The van der Waals surface area contributed by atoms with Gasteiger partial charge in [-0.3, -0.25) is 5.32 Å². The number of benzene rings is 2. The van der Waals surface area contributed by atoms with Crippen LogP contribution in [0.15, 0.2) is 66.3 Å². The van der Waals surface area contributed by atoms with E-state index in [4.69, 9.17) is 14.2 Å². The van der Waals surface area contributed by atoms with Crippen molar-refractivity contribution in [2.75, 3.05) is 17.7 Å². The average molecular weight is 498 g/mol. The van der Waals surface area contributed by atoms with E-state index in [1.807, 2.05) is 36.4 Å². The van der Waals surface area contributed by atoms with E-state index in [-0.39, 0.29) is 25.4 Å². The van der Waals surface area contributed by atoms with E-state index in [1.165, 1.54) is 17.8 Å². The molecule has 1 amide bonds. The van der Waals surface area contributed by atoms with E-state index in [9.17, 15) is 9.90 Å². The van der Waals surface area contributed by atoms with Crippen LogP contribution in [0.2, 0.25) is 0 Å². The van der Waals surface area contributed by atoms with Gasteiger partial charge in [-0.25, -0.2) is 9.48 Å². The van der Waals surface area contributed by atoms with Gasteiger partial charge in [-0.15, -0.1) is 5.10 Å². The molecule has 1 aliphatic heterocycles. The first kappa shape index (κ1) is 24.9. The van der Waals surface area contributed by atoms with Gasteiger partial charge in [-0.2, -0.15) is 0 Å². The molecule has 11 heteroatoms. The molecule has 0 saturated carbocycles. The molecule has 3 atom stereocenters. The molecule has 1 aliphatic rings. The molecular formula is C24H27N5O5S. The topological polar surface area (TPSA) is 121 Å². The number of aryl methyl sites for hydroxylation is 1. The lowest BCUT2D eigenvalue weighted by atomic mass is 10.0. The number of ether oxygens (including phenoxy) is 3. The number of aliphatic hydroxyl groups excluding tert-OH is 1. The molecule has 1 aromatic heterocycles. The minimum Gasteiger partial charge on any atom is -0.445 e. The SMILES string of the molecule is C=CCOC(=O)Nc1ccc([C@H]2O[C@@H](CSc3nnnn3C)C[C@@H](c3ccc(CO)cc3)O2)cc1. The molecule has 3 aromatic rings. The third-order valence-corrected chi connectivity index (χ3v) is 6.50. The van der Waals surface area contributed by atoms with Crippen molar-refractivity contribution < 1.29 is 24.1 Å². The number of thioether (sulfide) groups is 1. The summed E-state index contributed by atoms with van der Waals surface area (Å²) in [4.78, 5) is 11.8. The Hall–Kier alpha value is -3.25. The second-order valence-electron chi connectivity index (χ2n) is 7.88. The quantitative estimate of drug-likeness (QED) is 0.336. The zero-order chi connectivity index (χ0) is 24.6. The molecule has 184 valence electrons. The summed E-state index contributed by atoms with van der Waals surface area (Å²) >= 11 is 1.52. The summed E-state index contributed by atoms with van der Waals surface area (Å²) in [6.45, 7) is 3.65. The van der Waals surface area contributed by atoms with Crippen molar-refractivity contribution in [2.45, 2.75) is 36.7 Å². The van der Waals surface area contributed by atoms with Gasteiger partial charge in [0.05, 0.1) is 18.8 Å². The van der Waals surface area contributed by atoms with E-state index in [1.54, 1.807) is 23.9 Å². The standard InChI is InChI=1S/C24H27N5O5S/c1-3-12-32-24(31)25-19-10-8-18(9-11-19)22-33-20(15-35-23-26-27-28-29(23)2)13-21(34-22)17-6-4-16(14-30)5-7-17/h3-11,20-22,30H,1,12-15H2,2H3,(H,25,31)/t20-,21+,22+/m1/s1. The number of anilines is 1. The van der Waals surface area contributed by atoms with Crippen molar-refractivity contribution in [3.8, 4) is 0 Å². The van der Waals surface area contributed by atoms with E-state index >= 15 is 0 Å². The number of hydrogen-bond acceptors (Lipinski definition) is 9. The molecule has 4 rings (SSSR count). The molecule has 0 spiro atoms. The van der Waals surface area contributed by atoms with E-state index in [0.29, 0.717) is 23.0 Å². The second-order valence-corrected chi connectivity index (χ2v) is 8.87. The van der Waals surface area contributed by atoms with Gasteiger partial charge < -0.3 is 19.3 Å². The summed E-state index contributed by atoms with van der Waals surface area (Å²) in [5.41, 5.74) is 3.27. The van der Waals surface area contributed by atoms with Crippen LogP contribution >= 0.6 is 11.8 Å². The summed E-state index contributed by atoms with van der Waals surface area (Å²) in [6.07, 6.45) is 0.688. The number of carbonyl (C=O) groups is 1. The molecule has 2 N–H and O–H groups in total. The zero-order valence-electron chi connectivity index (χ0n) is 19.2. The van der Waals surface area contributed by atoms with Gasteiger partial charge >= 0.3 is 6.09 Å². The lowest BCUT2D eigenvalue weighted by molar-refractivity contribution is -0.245. The Morgan fingerprint density at radius 3 is 2.63 bits per heavy atom. The molecule has 0 unspecified atom stereocenters. The van der Waals surface area contributed by atoms with Crippen LogP contribution in [0.3, 0.4) is 0 Å². The van der Waals surface area contributed by atoms with Crippen LogP contribution in [-0.4, -0.2) is 49.9 Å². The fourth-order valence-electron chi connectivity index (χ4n) is 3.55. The summed E-state index contributed by atoms with van der Waals surface area (Å²) in [6, 6.07) is 15.0. The minimum atomic E-state index is -0.601. The van der Waals surface area contributed by atoms with Crippen molar-refractivity contribution in [3.05, 3.63) is 77.9 Å². The van der Waals surface area contributed by atoms with Gasteiger partial charge in [0.25, 0.3) is 0 Å². The number of nitrogens with zero attached hydrogens (tertiary/aromatic N) is 4. The highest BCUT2D eigenvalue weighted by Crippen LogP contribution is 2.39. The smallest absolute Gasteiger partial charge is 0.411 e. The largest absolute Gasteiger partial charge is 0.445 e. The maximum Gasteiger partial charge on any atom is 0.411 e. The predicted octanol–water partition coefficient (Wildman–Crippen LogP) is 3.77. The monoisotopic (exact) mass is 497 g/mol. The Kier molecular flexibility index (Phi) is 8.48. The molecule has 2 aromatic carbocycles. The summed E-state index contributed by atoms with van der Waals surface area (Å²) in [5.74, 6) is 0.647. The highest BCUT2D eigenvalue weighted by atomic mass is 32.2. The summed E-state index contributed by atoms with van der Waals surface area (Å²) in [5, 5.41) is 24.3. The van der Waals surface area contributed by atoms with Crippen molar-refractivity contribution in [3.63, 3.8) is 0 Å². The van der Waals surface area contributed by atoms with Gasteiger partial charge in [0.15, 0.2) is 6.29 Å². The lowest BCUT2D eigenvalue weighted by Gasteiger charge is -2.36. The highest BCUT2D eigenvalue weighted by molar-refractivity contribution is 7.99. The second kappa shape index (κ2) is 11.9. The third-order valence-electron chi connectivity index (χ3n) is 5.36. The number of amides is 1. The van der Waals surface area contributed by atoms with Crippen LogP contribution < -0.4 is 5.32 Å². The zero-order valence-corrected chi connectivity index (χ0v) is 20.1. The maximum absolute atomic E-state index is 11.8. The maximum atomic E-state index is 11.8. The van der Waals surface area contributed by atoms with Gasteiger partial charge in [-0.1, -0.05) is 60.8 Å². The molecule has 1 saturated heterocycles. The third kappa shape index (κ3) is 6.67. The average Bonchev–Trinajstić information content (AvgIpc) is 3.31. The summed E-state index contributed by atoms with van der Waals surface area (Å²) < 4.78 is 19.2. The van der Waals surface area contributed by atoms with E-state index in [2.05, 4.69) is 27.4 Å². The number of aliphatic hydroxyl groups is 1. The Morgan fingerprint density at radius 1 is 1.23 bits per heavy atom. The van der Waals surface area contributed by atoms with Crippen LogP contribution in [0, 0.1) is 0 Å². The fourth-order valence-corrected chi connectivity index (χ4v) is 4.41. The molecule has 1 fully saturated rings. The number of aromatic nitrogens is 4. The van der Waals surface area contributed by atoms with Gasteiger partial charge in [-0.05, 0) is 33.7 Å². The lowest BCUT2D eigenvalue weighted by Crippen LogP contribution is -2.31. The van der Waals surface area contributed by atoms with Crippen molar-refractivity contribution in [1.82, 2.24) is 20.2 Å². The Balaban J connectivity index is 1.48. The van der Waals surface area contributed by atoms with E-state index < -0.39 is 12.4 Å². The number of hydrogen-bond donors (Lipinski definition) is 2. The Morgan fingerprint density at radius 2 is 1.97 bits per heavy atom. The van der Waals surface area contributed by atoms with Gasteiger partial charge in [0.2, 0.25) is 5.16 Å². The Bertz CT molecular complexity index is 1120. The molecule has 2 heterocycles. The number of tetrazole rings is 1.